The first kappa shape index (κ1) is 15.3. The fraction of sp³-hybridized carbons (Fsp3) is 1.00. The summed E-state index contributed by atoms with van der Waals surface area (Å²) in [5.41, 5.74) is 0.434. The molecular weight excluding hydrogens is 230 g/mol. The van der Waals surface area contributed by atoms with E-state index in [1.165, 1.54) is 30.8 Å². The summed E-state index contributed by atoms with van der Waals surface area (Å²) in [6.45, 7) is 11.0. The molecule has 0 bridgehead atoms. The number of thioether (sulfide) groups is 1. The highest BCUT2D eigenvalue weighted by atomic mass is 32.2. The van der Waals surface area contributed by atoms with Crippen LogP contribution in [0.2, 0.25) is 0 Å². The van der Waals surface area contributed by atoms with Gasteiger partial charge in [-0.05, 0) is 43.2 Å². The van der Waals surface area contributed by atoms with E-state index in [4.69, 9.17) is 4.74 Å². The van der Waals surface area contributed by atoms with E-state index in [-0.39, 0.29) is 0 Å². The molecule has 1 atom stereocenters. The second-order valence-corrected chi connectivity index (χ2v) is 7.02. The van der Waals surface area contributed by atoms with Gasteiger partial charge in [0.15, 0.2) is 0 Å². The average molecular weight is 259 g/mol. The quantitative estimate of drug-likeness (QED) is 0.643. The highest BCUT2D eigenvalue weighted by Gasteiger charge is 2.33. The minimum Gasteiger partial charge on any atom is -0.381 e. The van der Waals surface area contributed by atoms with Gasteiger partial charge in [-0.25, -0.2) is 0 Å². The Bertz CT molecular complexity index is 191. The fourth-order valence-electron chi connectivity index (χ4n) is 2.39. The minimum atomic E-state index is 0.434. The molecule has 0 amide bonds. The van der Waals surface area contributed by atoms with Crippen LogP contribution >= 0.6 is 11.8 Å². The zero-order valence-electron chi connectivity index (χ0n) is 11.8. The van der Waals surface area contributed by atoms with Crippen molar-refractivity contribution < 1.29 is 4.74 Å². The van der Waals surface area contributed by atoms with Crippen molar-refractivity contribution in [2.75, 3.05) is 37.8 Å². The maximum atomic E-state index is 5.63. The van der Waals surface area contributed by atoms with Gasteiger partial charge < -0.3 is 10.1 Å². The van der Waals surface area contributed by atoms with E-state index >= 15 is 0 Å². The van der Waals surface area contributed by atoms with E-state index in [1.54, 1.807) is 0 Å². The molecule has 2 nitrogen and oxygen atoms in total. The Morgan fingerprint density at radius 3 is 2.82 bits per heavy atom. The lowest BCUT2D eigenvalue weighted by molar-refractivity contribution is 0.143. The monoisotopic (exact) mass is 259 g/mol. The Labute approximate surface area is 111 Å². The van der Waals surface area contributed by atoms with Crippen LogP contribution in [0.4, 0.5) is 0 Å². The first-order valence-corrected chi connectivity index (χ1v) is 8.20. The molecule has 17 heavy (non-hydrogen) atoms. The lowest BCUT2D eigenvalue weighted by Gasteiger charge is -2.28. The van der Waals surface area contributed by atoms with E-state index in [1.807, 2.05) is 0 Å². The Kier molecular flexibility index (Phi) is 7.56. The van der Waals surface area contributed by atoms with Crippen molar-refractivity contribution in [3.05, 3.63) is 0 Å². The van der Waals surface area contributed by atoms with Crippen LogP contribution in [0.5, 0.6) is 0 Å². The van der Waals surface area contributed by atoms with Crippen molar-refractivity contribution in [3.63, 3.8) is 0 Å². The van der Waals surface area contributed by atoms with Gasteiger partial charge in [-0.1, -0.05) is 20.8 Å². The SMILES string of the molecule is CCSCCCC1(CNCC(C)C)CCOC1. The number of ether oxygens (including phenoxy) is 1. The summed E-state index contributed by atoms with van der Waals surface area (Å²) >= 11 is 2.06. The van der Waals surface area contributed by atoms with E-state index < -0.39 is 0 Å². The van der Waals surface area contributed by atoms with Crippen molar-refractivity contribution in [2.45, 2.75) is 40.0 Å². The summed E-state index contributed by atoms with van der Waals surface area (Å²) in [7, 11) is 0. The predicted octanol–water partition coefficient (Wildman–Crippen LogP) is 3.17. The second kappa shape index (κ2) is 8.39. The number of rotatable bonds is 9. The summed E-state index contributed by atoms with van der Waals surface area (Å²) in [6.07, 6.45) is 3.91. The molecule has 0 aromatic heterocycles. The van der Waals surface area contributed by atoms with Gasteiger partial charge in [0.1, 0.15) is 0 Å². The summed E-state index contributed by atoms with van der Waals surface area (Å²) < 4.78 is 5.63. The molecule has 1 fully saturated rings. The third-order valence-corrected chi connectivity index (χ3v) is 4.42. The molecular formula is C14H29NOS. The van der Waals surface area contributed by atoms with Gasteiger partial charge in [0, 0.05) is 18.6 Å². The van der Waals surface area contributed by atoms with Gasteiger partial charge in [-0.2, -0.15) is 11.8 Å². The van der Waals surface area contributed by atoms with E-state index in [9.17, 15) is 0 Å². The van der Waals surface area contributed by atoms with Crippen molar-refractivity contribution >= 4 is 11.8 Å². The van der Waals surface area contributed by atoms with E-state index in [2.05, 4.69) is 37.8 Å². The smallest absolute Gasteiger partial charge is 0.0535 e. The van der Waals surface area contributed by atoms with Crippen LogP contribution < -0.4 is 5.32 Å². The molecule has 102 valence electrons. The van der Waals surface area contributed by atoms with Crippen LogP contribution in [0, 0.1) is 11.3 Å². The molecule has 0 spiro atoms. The summed E-state index contributed by atoms with van der Waals surface area (Å²) in [5, 5.41) is 3.62. The topological polar surface area (TPSA) is 21.3 Å². The molecule has 1 aliphatic heterocycles. The molecule has 1 N–H and O–H groups in total. The van der Waals surface area contributed by atoms with Gasteiger partial charge in [-0.15, -0.1) is 0 Å². The Morgan fingerprint density at radius 2 is 2.24 bits per heavy atom. The lowest BCUT2D eigenvalue weighted by Crippen LogP contribution is -2.36. The fourth-order valence-corrected chi connectivity index (χ4v) is 3.03. The van der Waals surface area contributed by atoms with Gasteiger partial charge in [0.05, 0.1) is 6.61 Å². The summed E-state index contributed by atoms with van der Waals surface area (Å²) in [5.74, 6) is 3.29. The van der Waals surface area contributed by atoms with Gasteiger partial charge >= 0.3 is 0 Å². The molecule has 1 aliphatic rings. The lowest BCUT2D eigenvalue weighted by atomic mass is 9.82. The van der Waals surface area contributed by atoms with Gasteiger partial charge in [0.2, 0.25) is 0 Å². The van der Waals surface area contributed by atoms with Crippen molar-refractivity contribution in [3.8, 4) is 0 Å². The third-order valence-electron chi connectivity index (χ3n) is 3.44. The normalized spacial score (nSPS) is 24.7. The van der Waals surface area contributed by atoms with Gasteiger partial charge in [-0.3, -0.25) is 0 Å². The Balaban J connectivity index is 2.24. The summed E-state index contributed by atoms with van der Waals surface area (Å²) in [6, 6.07) is 0. The predicted molar refractivity (Wildman–Crippen MR) is 77.8 cm³/mol. The molecule has 0 aromatic carbocycles. The molecule has 0 aliphatic carbocycles. The first-order valence-electron chi connectivity index (χ1n) is 7.05. The third kappa shape index (κ3) is 6.12. The standard InChI is InChI=1S/C14H29NOS/c1-4-17-9-5-6-14(7-8-16-12-14)11-15-10-13(2)3/h13,15H,4-12H2,1-3H3. The molecule has 1 saturated heterocycles. The maximum absolute atomic E-state index is 5.63. The van der Waals surface area contributed by atoms with Crippen molar-refractivity contribution in [2.24, 2.45) is 11.3 Å². The van der Waals surface area contributed by atoms with Crippen molar-refractivity contribution in [1.29, 1.82) is 0 Å². The Morgan fingerprint density at radius 1 is 1.41 bits per heavy atom. The highest BCUT2D eigenvalue weighted by molar-refractivity contribution is 7.99. The molecule has 1 rings (SSSR count). The molecule has 1 unspecified atom stereocenters. The largest absolute Gasteiger partial charge is 0.381 e. The first-order chi connectivity index (χ1) is 8.18. The highest BCUT2D eigenvalue weighted by Crippen LogP contribution is 2.33. The van der Waals surface area contributed by atoms with Crippen molar-refractivity contribution in [1.82, 2.24) is 5.32 Å². The van der Waals surface area contributed by atoms with Gasteiger partial charge in [0.25, 0.3) is 0 Å². The van der Waals surface area contributed by atoms with Crippen LogP contribution in [0.3, 0.4) is 0 Å². The van der Waals surface area contributed by atoms with Crippen LogP contribution in [0.15, 0.2) is 0 Å². The van der Waals surface area contributed by atoms with E-state index in [0.717, 1.165) is 32.2 Å². The van der Waals surface area contributed by atoms with Crippen LogP contribution in [0.25, 0.3) is 0 Å². The number of nitrogens with one attached hydrogen (secondary N) is 1. The maximum Gasteiger partial charge on any atom is 0.0535 e. The minimum absolute atomic E-state index is 0.434. The second-order valence-electron chi connectivity index (χ2n) is 5.63. The zero-order chi connectivity index (χ0) is 12.6. The number of hydrogen-bond acceptors (Lipinski definition) is 3. The van der Waals surface area contributed by atoms with Crippen LogP contribution in [-0.4, -0.2) is 37.8 Å². The van der Waals surface area contributed by atoms with Crippen LogP contribution in [0.1, 0.15) is 40.0 Å². The molecule has 0 saturated carbocycles. The molecule has 0 aromatic rings. The Hall–Kier alpha value is 0.270. The number of hydrogen-bond donors (Lipinski definition) is 1. The summed E-state index contributed by atoms with van der Waals surface area (Å²) in [4.78, 5) is 0. The molecule has 1 heterocycles. The molecule has 3 heteroatoms. The average Bonchev–Trinajstić information content (AvgIpc) is 2.73. The van der Waals surface area contributed by atoms with E-state index in [0.29, 0.717) is 5.41 Å². The van der Waals surface area contributed by atoms with Crippen LogP contribution in [-0.2, 0) is 4.74 Å². The zero-order valence-corrected chi connectivity index (χ0v) is 12.6. The molecule has 0 radical (unpaired) electrons.